The van der Waals surface area contributed by atoms with Crippen LogP contribution >= 0.6 is 0 Å². The van der Waals surface area contributed by atoms with Crippen molar-refractivity contribution < 1.29 is 30.0 Å². The van der Waals surface area contributed by atoms with Gasteiger partial charge in [0.1, 0.15) is 28.6 Å². The number of benzene rings is 1. The van der Waals surface area contributed by atoms with Crippen molar-refractivity contribution in [3.05, 3.63) is 51.5 Å². The third kappa shape index (κ3) is 2.67. The zero-order chi connectivity index (χ0) is 22.9. The van der Waals surface area contributed by atoms with E-state index in [2.05, 4.69) is 4.90 Å². The number of aromatic hydroxyl groups is 1. The van der Waals surface area contributed by atoms with E-state index in [0.29, 0.717) is 6.42 Å². The lowest BCUT2D eigenvalue weighted by Gasteiger charge is -2.41. The van der Waals surface area contributed by atoms with Crippen LogP contribution in [0.5, 0.6) is 5.75 Å². The summed E-state index contributed by atoms with van der Waals surface area (Å²) in [7, 11) is 0. The minimum absolute atomic E-state index is 0.0673. The van der Waals surface area contributed by atoms with Crippen molar-refractivity contribution in [2.45, 2.75) is 31.7 Å². The van der Waals surface area contributed by atoms with E-state index in [4.69, 9.17) is 11.5 Å². The van der Waals surface area contributed by atoms with Gasteiger partial charge in [-0.15, -0.1) is 0 Å². The Hall–Kier alpha value is -3.46. The number of aliphatic hydroxyl groups excluding tert-OH is 3. The van der Waals surface area contributed by atoms with Crippen molar-refractivity contribution in [1.82, 2.24) is 0 Å². The normalized spacial score (nSPS) is 27.5. The summed E-state index contributed by atoms with van der Waals surface area (Å²) in [5.74, 6) is -4.55. The molecule has 1 aliphatic heterocycles. The predicted octanol–water partition coefficient (Wildman–Crippen LogP) is 1.47. The van der Waals surface area contributed by atoms with Crippen molar-refractivity contribution >= 4 is 23.1 Å². The Balaban J connectivity index is 1.73. The summed E-state index contributed by atoms with van der Waals surface area (Å²) in [4.78, 5) is 26.5. The molecule has 1 aromatic rings. The number of fused-ring (bicyclic) bond motifs is 3. The van der Waals surface area contributed by atoms with Gasteiger partial charge in [-0.1, -0.05) is 0 Å². The maximum Gasteiger partial charge on any atom is 0.256 e. The Morgan fingerprint density at radius 2 is 1.69 bits per heavy atom. The van der Waals surface area contributed by atoms with E-state index in [1.54, 1.807) is 0 Å². The molecule has 0 radical (unpaired) electrons. The molecule has 9 nitrogen and oxygen atoms in total. The summed E-state index contributed by atoms with van der Waals surface area (Å²) < 4.78 is 0. The molecular formula is C23H25N3O6. The highest BCUT2D eigenvalue weighted by molar-refractivity contribution is 6.22. The van der Waals surface area contributed by atoms with Crippen molar-refractivity contribution in [3.8, 4) is 5.75 Å². The second-order valence-corrected chi connectivity index (χ2v) is 8.90. The van der Waals surface area contributed by atoms with Gasteiger partial charge in [-0.3, -0.25) is 9.59 Å². The zero-order valence-corrected chi connectivity index (χ0v) is 17.3. The molecule has 1 aromatic carbocycles. The van der Waals surface area contributed by atoms with E-state index >= 15 is 0 Å². The molecule has 0 bridgehead atoms. The number of phenols is 1. The van der Waals surface area contributed by atoms with Gasteiger partial charge < -0.3 is 36.8 Å². The molecule has 0 unspecified atom stereocenters. The monoisotopic (exact) mass is 439 g/mol. The van der Waals surface area contributed by atoms with Crippen LogP contribution in [0, 0.1) is 11.8 Å². The lowest BCUT2D eigenvalue weighted by atomic mass is 9.65. The number of aliphatic hydroxyl groups is 3. The number of nitrogens with two attached hydrogens (primary N) is 2. The first-order valence-corrected chi connectivity index (χ1v) is 10.7. The Labute approximate surface area is 183 Å². The number of amides is 1. The molecule has 1 fully saturated rings. The first-order valence-electron chi connectivity index (χ1n) is 10.7. The quantitative estimate of drug-likeness (QED) is 0.376. The highest BCUT2D eigenvalue weighted by Gasteiger charge is 2.49. The molecule has 9 heteroatoms. The fraction of sp³-hybridized carbons (Fsp3) is 0.391. The van der Waals surface area contributed by atoms with Crippen LogP contribution in [-0.2, 0) is 16.0 Å². The molecule has 5 rings (SSSR count). The molecule has 1 saturated heterocycles. The number of carbonyl (C=O) groups excluding carboxylic acids is 2. The second kappa shape index (κ2) is 7.03. The number of primary amides is 1. The number of Topliss-reactive ketones (excluding diaryl/α,β-unsaturated/α-hetero) is 1. The van der Waals surface area contributed by atoms with Gasteiger partial charge in [0.15, 0.2) is 5.78 Å². The van der Waals surface area contributed by atoms with Crippen molar-refractivity contribution in [1.29, 1.82) is 0 Å². The summed E-state index contributed by atoms with van der Waals surface area (Å²) >= 11 is 0. The number of anilines is 1. The molecule has 1 amide bonds. The smallest absolute Gasteiger partial charge is 0.256 e. The van der Waals surface area contributed by atoms with Gasteiger partial charge in [0.2, 0.25) is 0 Å². The average Bonchev–Trinajstić information content (AvgIpc) is 3.26. The minimum Gasteiger partial charge on any atom is -0.507 e. The van der Waals surface area contributed by atoms with Crippen molar-refractivity contribution in [2.75, 3.05) is 18.0 Å². The van der Waals surface area contributed by atoms with Crippen LogP contribution in [0.3, 0.4) is 0 Å². The third-order valence-electron chi connectivity index (χ3n) is 7.20. The van der Waals surface area contributed by atoms with Gasteiger partial charge >= 0.3 is 0 Å². The van der Waals surface area contributed by atoms with Crippen LogP contribution in [-0.4, -0.2) is 51.2 Å². The molecule has 32 heavy (non-hydrogen) atoms. The largest absolute Gasteiger partial charge is 0.507 e. The van der Waals surface area contributed by atoms with E-state index in [0.717, 1.165) is 37.2 Å². The lowest BCUT2D eigenvalue weighted by Crippen LogP contribution is -2.49. The van der Waals surface area contributed by atoms with Crippen LogP contribution in [0.15, 0.2) is 40.4 Å². The summed E-state index contributed by atoms with van der Waals surface area (Å²) in [6, 6.07) is 2.21. The molecule has 0 spiro atoms. The fourth-order valence-electron chi connectivity index (χ4n) is 5.73. The van der Waals surface area contributed by atoms with E-state index in [-0.39, 0.29) is 40.6 Å². The topological polar surface area (TPSA) is 170 Å². The first-order chi connectivity index (χ1) is 15.2. The molecule has 0 saturated carbocycles. The predicted molar refractivity (Wildman–Crippen MR) is 116 cm³/mol. The van der Waals surface area contributed by atoms with Gasteiger partial charge in [-0.05, 0) is 49.3 Å². The average molecular weight is 439 g/mol. The van der Waals surface area contributed by atoms with Crippen molar-refractivity contribution in [3.63, 3.8) is 0 Å². The highest BCUT2D eigenvalue weighted by Crippen LogP contribution is 2.52. The van der Waals surface area contributed by atoms with Gasteiger partial charge in [0.05, 0.1) is 11.6 Å². The summed E-state index contributed by atoms with van der Waals surface area (Å²) in [5.41, 5.74) is 12.8. The zero-order valence-electron chi connectivity index (χ0n) is 17.3. The second-order valence-electron chi connectivity index (χ2n) is 8.90. The molecule has 4 aliphatic rings. The SMILES string of the molecule is NC(=O)C1=C(O)C2=C(O)C3=C(O)c4c(O)ccc(N5CCCC5)c4C[C@H]3C[C@H]2[C@@H](N)C1=O. The number of hydrogen-bond acceptors (Lipinski definition) is 8. The van der Waals surface area contributed by atoms with E-state index in [1.807, 2.05) is 6.07 Å². The molecule has 1 heterocycles. The number of rotatable bonds is 2. The number of allylic oxidation sites excluding steroid dienone is 2. The van der Waals surface area contributed by atoms with Crippen LogP contribution in [0.4, 0.5) is 5.69 Å². The minimum atomic E-state index is -1.15. The van der Waals surface area contributed by atoms with Gasteiger partial charge in [-0.2, -0.15) is 0 Å². The number of nitrogens with zero attached hydrogens (tertiary/aromatic N) is 1. The summed E-state index contributed by atoms with van der Waals surface area (Å²) in [6.07, 6.45) is 2.81. The lowest BCUT2D eigenvalue weighted by molar-refractivity contribution is -0.123. The van der Waals surface area contributed by atoms with Crippen LogP contribution in [0.25, 0.3) is 5.76 Å². The molecule has 3 aliphatic carbocycles. The van der Waals surface area contributed by atoms with Gasteiger partial charge in [0.25, 0.3) is 5.91 Å². The standard InChI is InChI=1S/C23H25N3O6/c24-18-11-8-9-7-10-12(26-5-1-2-6-26)3-4-13(27)15(10)19(28)14(9)20(29)16(11)21(30)17(22(18)31)23(25)32/h3-4,9,11,18,27-30H,1-2,5-8,24H2,(H2,25,32)/t9-,11+,18+/m0/s1. The summed E-state index contributed by atoms with van der Waals surface area (Å²) in [6.45, 7) is 1.76. The first kappa shape index (κ1) is 20.4. The van der Waals surface area contributed by atoms with E-state index < -0.39 is 40.7 Å². The molecule has 0 aromatic heterocycles. The van der Waals surface area contributed by atoms with E-state index in [1.165, 1.54) is 6.07 Å². The number of hydrogen-bond donors (Lipinski definition) is 6. The Morgan fingerprint density at radius 3 is 2.34 bits per heavy atom. The fourth-order valence-corrected chi connectivity index (χ4v) is 5.73. The summed E-state index contributed by atoms with van der Waals surface area (Å²) in [5, 5.41) is 43.4. The van der Waals surface area contributed by atoms with Crippen molar-refractivity contribution in [2.24, 2.45) is 23.3 Å². The van der Waals surface area contributed by atoms with Gasteiger partial charge in [0, 0.05) is 35.8 Å². The van der Waals surface area contributed by atoms with Crippen LogP contribution in [0.2, 0.25) is 0 Å². The molecule has 168 valence electrons. The van der Waals surface area contributed by atoms with E-state index in [9.17, 15) is 30.0 Å². The number of carbonyl (C=O) groups is 2. The molecule has 8 N–H and O–H groups in total. The maximum absolute atomic E-state index is 12.6. The number of ketones is 1. The van der Waals surface area contributed by atoms with Crippen LogP contribution < -0.4 is 16.4 Å². The third-order valence-corrected chi connectivity index (χ3v) is 7.20. The Morgan fingerprint density at radius 1 is 1.00 bits per heavy atom. The number of phenolic OH excluding ortho intramolecular Hbond substituents is 1. The Bertz CT molecular complexity index is 1160. The van der Waals surface area contributed by atoms with Crippen LogP contribution in [0.1, 0.15) is 30.4 Å². The van der Waals surface area contributed by atoms with Gasteiger partial charge in [-0.25, -0.2) is 0 Å². The maximum atomic E-state index is 12.6. The highest BCUT2D eigenvalue weighted by atomic mass is 16.3. The Kier molecular flexibility index (Phi) is 4.49. The molecule has 3 atom stereocenters. The molecular weight excluding hydrogens is 414 g/mol.